The highest BCUT2D eigenvalue weighted by atomic mass is 16.6. The van der Waals surface area contributed by atoms with Crippen LogP contribution in [0.3, 0.4) is 0 Å². The summed E-state index contributed by atoms with van der Waals surface area (Å²) in [5, 5.41) is 8.97. The molecule has 0 unspecified atom stereocenters. The molecule has 1 fully saturated rings. The molecular weight excluding hydrogens is 312 g/mol. The number of ether oxygens (including phenoxy) is 4. The number of carboxylic acid groups (broad SMARTS) is 1. The van der Waals surface area contributed by atoms with Crippen LogP contribution in [0.1, 0.15) is 34.1 Å². The summed E-state index contributed by atoms with van der Waals surface area (Å²) in [5.41, 5.74) is 0. The van der Waals surface area contributed by atoms with Gasteiger partial charge in [0.05, 0.1) is 12.5 Å². The molecule has 5 atom stereocenters. The summed E-state index contributed by atoms with van der Waals surface area (Å²) in [5.74, 6) is -3.21. The third-order valence-electron chi connectivity index (χ3n) is 3.15. The van der Waals surface area contributed by atoms with Crippen molar-refractivity contribution in [2.24, 2.45) is 0 Å². The minimum absolute atomic E-state index is 0.465. The molecule has 9 heteroatoms. The molecular formula is C14H20O9. The number of hydrogen-bond acceptors (Lipinski definition) is 8. The first kappa shape index (κ1) is 18.9. The average molecular weight is 332 g/mol. The molecule has 23 heavy (non-hydrogen) atoms. The van der Waals surface area contributed by atoms with E-state index in [2.05, 4.69) is 0 Å². The zero-order chi connectivity index (χ0) is 17.7. The Morgan fingerprint density at radius 1 is 0.870 bits per heavy atom. The fourth-order valence-electron chi connectivity index (χ4n) is 2.45. The molecule has 1 aliphatic heterocycles. The highest BCUT2D eigenvalue weighted by molar-refractivity contribution is 5.69. The highest BCUT2D eigenvalue weighted by Crippen LogP contribution is 2.30. The average Bonchev–Trinajstić information content (AvgIpc) is 2.36. The molecule has 1 heterocycles. The molecule has 0 aromatic carbocycles. The Kier molecular flexibility index (Phi) is 6.49. The van der Waals surface area contributed by atoms with Crippen LogP contribution >= 0.6 is 0 Å². The second-order valence-electron chi connectivity index (χ2n) is 5.20. The van der Waals surface area contributed by atoms with Gasteiger partial charge >= 0.3 is 23.9 Å². The van der Waals surface area contributed by atoms with E-state index >= 15 is 0 Å². The van der Waals surface area contributed by atoms with Gasteiger partial charge in [-0.05, 0) is 6.92 Å². The molecule has 1 N–H and O–H groups in total. The first-order valence-electron chi connectivity index (χ1n) is 7.00. The number of hydrogen-bond donors (Lipinski definition) is 1. The van der Waals surface area contributed by atoms with Crippen molar-refractivity contribution in [2.45, 2.75) is 64.6 Å². The van der Waals surface area contributed by atoms with Gasteiger partial charge in [-0.25, -0.2) is 0 Å². The predicted molar refractivity (Wildman–Crippen MR) is 73.2 cm³/mol. The van der Waals surface area contributed by atoms with E-state index in [1.54, 1.807) is 6.92 Å². The quantitative estimate of drug-likeness (QED) is 0.548. The zero-order valence-electron chi connectivity index (χ0n) is 13.3. The van der Waals surface area contributed by atoms with Crippen molar-refractivity contribution in [3.8, 4) is 0 Å². The van der Waals surface area contributed by atoms with E-state index in [1.807, 2.05) is 0 Å². The van der Waals surface area contributed by atoms with Crippen LogP contribution in [0.15, 0.2) is 0 Å². The molecule has 1 rings (SSSR count). The zero-order valence-corrected chi connectivity index (χ0v) is 13.3. The molecule has 0 aromatic rings. The molecule has 130 valence electrons. The minimum Gasteiger partial charge on any atom is -0.481 e. The summed E-state index contributed by atoms with van der Waals surface area (Å²) < 4.78 is 20.8. The van der Waals surface area contributed by atoms with Crippen LogP contribution in [0, 0.1) is 0 Å². The Hall–Kier alpha value is -2.16. The lowest BCUT2D eigenvalue weighted by atomic mass is 9.93. The van der Waals surface area contributed by atoms with Crippen molar-refractivity contribution in [1.82, 2.24) is 0 Å². The van der Waals surface area contributed by atoms with Crippen LogP contribution in [0.5, 0.6) is 0 Å². The summed E-state index contributed by atoms with van der Waals surface area (Å²) in [6.07, 6.45) is -5.64. The van der Waals surface area contributed by atoms with Gasteiger partial charge < -0.3 is 24.1 Å². The van der Waals surface area contributed by atoms with Crippen molar-refractivity contribution in [3.63, 3.8) is 0 Å². The van der Waals surface area contributed by atoms with Crippen LogP contribution in [-0.4, -0.2) is 59.5 Å². The van der Waals surface area contributed by atoms with Crippen molar-refractivity contribution in [1.29, 1.82) is 0 Å². The van der Waals surface area contributed by atoms with Gasteiger partial charge in [0.15, 0.2) is 18.3 Å². The fourth-order valence-corrected chi connectivity index (χ4v) is 2.45. The normalized spacial score (nSPS) is 30.2. The molecule has 0 spiro atoms. The third kappa shape index (κ3) is 5.51. The molecule has 0 radical (unpaired) electrons. The van der Waals surface area contributed by atoms with Crippen LogP contribution in [0.4, 0.5) is 0 Å². The first-order chi connectivity index (χ1) is 10.6. The van der Waals surface area contributed by atoms with Gasteiger partial charge in [0, 0.05) is 20.8 Å². The van der Waals surface area contributed by atoms with Crippen LogP contribution in [-0.2, 0) is 38.1 Å². The maximum absolute atomic E-state index is 11.3. The summed E-state index contributed by atoms with van der Waals surface area (Å²) in [4.78, 5) is 44.9. The van der Waals surface area contributed by atoms with E-state index in [4.69, 9.17) is 24.1 Å². The van der Waals surface area contributed by atoms with Gasteiger partial charge in [-0.15, -0.1) is 0 Å². The van der Waals surface area contributed by atoms with Crippen molar-refractivity contribution in [3.05, 3.63) is 0 Å². The number of carbonyl (C=O) groups is 4. The second-order valence-corrected chi connectivity index (χ2v) is 5.20. The molecule has 0 aromatic heterocycles. The van der Waals surface area contributed by atoms with Gasteiger partial charge in [-0.2, -0.15) is 0 Å². The van der Waals surface area contributed by atoms with E-state index in [-0.39, 0.29) is 0 Å². The Bertz CT molecular complexity index is 487. The van der Waals surface area contributed by atoms with Gasteiger partial charge in [0.2, 0.25) is 0 Å². The standard InChI is InChI=1S/C14H20O9/c1-6-12(21-7(2)15)14(23-9(4)17)13(22-8(3)16)10(20-6)5-11(18)19/h6,10,12-14H,5H2,1-4H3,(H,18,19)/t6-,10-,12+,13+,14+/m0/s1. The highest BCUT2D eigenvalue weighted by Gasteiger charge is 2.50. The van der Waals surface area contributed by atoms with Crippen molar-refractivity contribution in [2.75, 3.05) is 0 Å². The van der Waals surface area contributed by atoms with Gasteiger partial charge in [-0.3, -0.25) is 19.2 Å². The Balaban J connectivity index is 3.15. The minimum atomic E-state index is -1.20. The van der Waals surface area contributed by atoms with Crippen LogP contribution in [0.25, 0.3) is 0 Å². The fraction of sp³-hybridized carbons (Fsp3) is 0.714. The number of rotatable bonds is 5. The molecule has 1 aliphatic rings. The maximum Gasteiger partial charge on any atom is 0.306 e. The summed E-state index contributed by atoms with van der Waals surface area (Å²) in [6, 6.07) is 0. The Morgan fingerprint density at radius 3 is 1.74 bits per heavy atom. The first-order valence-corrected chi connectivity index (χ1v) is 7.00. The summed E-state index contributed by atoms with van der Waals surface area (Å²) in [7, 11) is 0. The predicted octanol–water partition coefficient (Wildman–Crippen LogP) is 0.0435. The van der Waals surface area contributed by atoms with Gasteiger partial charge in [-0.1, -0.05) is 0 Å². The van der Waals surface area contributed by atoms with E-state index in [1.165, 1.54) is 6.92 Å². The smallest absolute Gasteiger partial charge is 0.306 e. The van der Waals surface area contributed by atoms with E-state index in [9.17, 15) is 19.2 Å². The van der Waals surface area contributed by atoms with Crippen LogP contribution in [0.2, 0.25) is 0 Å². The summed E-state index contributed by atoms with van der Waals surface area (Å²) in [6.45, 7) is 4.98. The number of esters is 3. The van der Waals surface area contributed by atoms with E-state index in [0.29, 0.717) is 0 Å². The van der Waals surface area contributed by atoms with Gasteiger partial charge in [0.25, 0.3) is 0 Å². The maximum atomic E-state index is 11.3. The van der Waals surface area contributed by atoms with E-state index in [0.717, 1.165) is 13.8 Å². The molecule has 9 nitrogen and oxygen atoms in total. The third-order valence-corrected chi connectivity index (χ3v) is 3.15. The number of carboxylic acids is 1. The molecule has 0 aliphatic carbocycles. The number of aliphatic carboxylic acids is 1. The van der Waals surface area contributed by atoms with E-state index < -0.39 is 60.8 Å². The second kappa shape index (κ2) is 7.91. The van der Waals surface area contributed by atoms with Crippen molar-refractivity contribution < 1.29 is 43.2 Å². The van der Waals surface area contributed by atoms with Crippen molar-refractivity contribution >= 4 is 23.9 Å². The largest absolute Gasteiger partial charge is 0.481 e. The Morgan fingerprint density at radius 2 is 1.30 bits per heavy atom. The lowest BCUT2D eigenvalue weighted by Crippen LogP contribution is -2.60. The molecule has 0 saturated carbocycles. The van der Waals surface area contributed by atoms with Gasteiger partial charge in [0.1, 0.15) is 6.10 Å². The molecule has 0 amide bonds. The molecule has 1 saturated heterocycles. The monoisotopic (exact) mass is 332 g/mol. The lowest BCUT2D eigenvalue weighted by molar-refractivity contribution is -0.244. The Labute approximate surface area is 132 Å². The molecule has 0 bridgehead atoms. The SMILES string of the molecule is CC(=O)O[C@@H]1[C@H](OC(C)=O)[C@H](C)O[C@@H](CC(=O)O)[C@H]1OC(C)=O. The topological polar surface area (TPSA) is 125 Å². The summed E-state index contributed by atoms with van der Waals surface area (Å²) >= 11 is 0. The number of carbonyl (C=O) groups excluding carboxylic acids is 3. The van der Waals surface area contributed by atoms with Crippen LogP contribution < -0.4 is 0 Å². The lowest BCUT2D eigenvalue weighted by Gasteiger charge is -2.43.